The third-order valence-corrected chi connectivity index (χ3v) is 2.72. The van der Waals surface area contributed by atoms with E-state index in [1.165, 1.54) is 20.0 Å². The number of hydrogen-bond acceptors (Lipinski definition) is 5. The number of cyclic esters (lactones) is 2. The van der Waals surface area contributed by atoms with Gasteiger partial charge in [0, 0.05) is 25.7 Å². The molecule has 5 nitrogen and oxygen atoms in total. The van der Waals surface area contributed by atoms with Crippen molar-refractivity contribution in [2.75, 3.05) is 5.32 Å². The maximum Gasteiger partial charge on any atom is 0.350 e. The minimum atomic E-state index is -1.22. The first-order chi connectivity index (χ1) is 9.27. The van der Waals surface area contributed by atoms with Gasteiger partial charge in [0.15, 0.2) is 5.57 Å². The van der Waals surface area contributed by atoms with Gasteiger partial charge in [-0.25, -0.2) is 9.59 Å². The van der Waals surface area contributed by atoms with Gasteiger partial charge in [-0.1, -0.05) is 6.07 Å². The molecule has 1 aromatic carbocycles. The van der Waals surface area contributed by atoms with E-state index in [1.54, 1.807) is 0 Å². The summed E-state index contributed by atoms with van der Waals surface area (Å²) in [5.74, 6) is -2.60. The zero-order valence-electron chi connectivity index (χ0n) is 11.9. The lowest BCUT2D eigenvalue weighted by molar-refractivity contribution is -0.222. The molecule has 0 aromatic heterocycles. The SMILES string of the molecule is Cc1cc(C)cc(NC=C2C(=O)OC(C)(C)OC2=O)c1. The molecule has 0 atom stereocenters. The Morgan fingerprint density at radius 1 is 1.00 bits per heavy atom. The Hall–Kier alpha value is -2.30. The van der Waals surface area contributed by atoms with Crippen molar-refractivity contribution in [3.63, 3.8) is 0 Å². The molecule has 0 bridgehead atoms. The van der Waals surface area contributed by atoms with Crippen molar-refractivity contribution in [1.29, 1.82) is 0 Å². The number of anilines is 1. The second kappa shape index (κ2) is 5.00. The Kier molecular flexibility index (Phi) is 3.53. The van der Waals surface area contributed by atoms with Crippen molar-refractivity contribution in [3.05, 3.63) is 41.1 Å². The summed E-state index contributed by atoms with van der Waals surface area (Å²) in [4.78, 5) is 23.5. The molecule has 1 fully saturated rings. The molecule has 0 radical (unpaired) electrons. The minimum absolute atomic E-state index is 0.150. The fourth-order valence-corrected chi connectivity index (χ4v) is 1.99. The highest BCUT2D eigenvalue weighted by atomic mass is 16.7. The highest BCUT2D eigenvalue weighted by Gasteiger charge is 2.38. The van der Waals surface area contributed by atoms with E-state index in [-0.39, 0.29) is 5.57 Å². The van der Waals surface area contributed by atoms with Crippen LogP contribution in [0.15, 0.2) is 30.0 Å². The van der Waals surface area contributed by atoms with E-state index < -0.39 is 17.7 Å². The second-order valence-corrected chi connectivity index (χ2v) is 5.26. The molecule has 0 spiro atoms. The van der Waals surface area contributed by atoms with Gasteiger partial charge in [0.05, 0.1) is 0 Å². The molecule has 0 amide bonds. The van der Waals surface area contributed by atoms with Crippen LogP contribution in [0.3, 0.4) is 0 Å². The predicted octanol–water partition coefficient (Wildman–Crippen LogP) is 2.44. The number of aryl methyl sites for hydroxylation is 2. The summed E-state index contributed by atoms with van der Waals surface area (Å²) in [5.41, 5.74) is 2.81. The number of benzene rings is 1. The first-order valence-corrected chi connectivity index (χ1v) is 6.28. The molecule has 1 aromatic rings. The van der Waals surface area contributed by atoms with Gasteiger partial charge in [-0.3, -0.25) is 0 Å². The fourth-order valence-electron chi connectivity index (χ4n) is 1.99. The topological polar surface area (TPSA) is 64.6 Å². The molecule has 0 unspecified atom stereocenters. The van der Waals surface area contributed by atoms with Crippen molar-refractivity contribution in [2.45, 2.75) is 33.5 Å². The van der Waals surface area contributed by atoms with Crippen molar-refractivity contribution in [3.8, 4) is 0 Å². The molecule has 1 saturated heterocycles. The summed E-state index contributed by atoms with van der Waals surface area (Å²) in [5, 5.41) is 2.92. The minimum Gasteiger partial charge on any atom is -0.419 e. The van der Waals surface area contributed by atoms with Crippen LogP contribution in [0.5, 0.6) is 0 Å². The largest absolute Gasteiger partial charge is 0.419 e. The molecular formula is C15H17NO4. The van der Waals surface area contributed by atoms with Gasteiger partial charge in [-0.2, -0.15) is 0 Å². The number of rotatable bonds is 2. The predicted molar refractivity (Wildman–Crippen MR) is 73.9 cm³/mol. The van der Waals surface area contributed by atoms with E-state index in [1.807, 2.05) is 32.0 Å². The fraction of sp³-hybridized carbons (Fsp3) is 0.333. The van der Waals surface area contributed by atoms with Crippen LogP contribution in [0.25, 0.3) is 0 Å². The first-order valence-electron chi connectivity index (χ1n) is 6.28. The summed E-state index contributed by atoms with van der Waals surface area (Å²) in [7, 11) is 0. The van der Waals surface area contributed by atoms with Gasteiger partial charge in [-0.05, 0) is 37.1 Å². The van der Waals surface area contributed by atoms with E-state index in [0.29, 0.717) is 0 Å². The Morgan fingerprint density at radius 2 is 1.50 bits per heavy atom. The lowest BCUT2D eigenvalue weighted by Crippen LogP contribution is -2.42. The number of carbonyl (C=O) groups is 2. The second-order valence-electron chi connectivity index (χ2n) is 5.26. The summed E-state index contributed by atoms with van der Waals surface area (Å²) >= 11 is 0. The molecular weight excluding hydrogens is 258 g/mol. The van der Waals surface area contributed by atoms with Gasteiger partial charge in [0.25, 0.3) is 5.79 Å². The third kappa shape index (κ3) is 3.17. The number of esters is 2. The van der Waals surface area contributed by atoms with Crippen molar-refractivity contribution in [1.82, 2.24) is 0 Å². The van der Waals surface area contributed by atoms with Gasteiger partial charge in [0.2, 0.25) is 0 Å². The number of ether oxygens (including phenoxy) is 2. The van der Waals surface area contributed by atoms with Crippen molar-refractivity contribution >= 4 is 17.6 Å². The number of hydrogen-bond donors (Lipinski definition) is 1. The molecule has 1 aliphatic heterocycles. The molecule has 5 heteroatoms. The third-order valence-electron chi connectivity index (χ3n) is 2.72. The maximum absolute atomic E-state index is 11.7. The molecule has 1 aliphatic rings. The monoisotopic (exact) mass is 275 g/mol. The average Bonchev–Trinajstić information content (AvgIpc) is 2.24. The molecule has 2 rings (SSSR count). The number of nitrogens with one attached hydrogen (secondary N) is 1. The Bertz CT molecular complexity index is 560. The van der Waals surface area contributed by atoms with Crippen molar-refractivity contribution in [2.24, 2.45) is 0 Å². The zero-order chi connectivity index (χ0) is 14.9. The Balaban J connectivity index is 2.19. The van der Waals surface area contributed by atoms with E-state index >= 15 is 0 Å². The van der Waals surface area contributed by atoms with E-state index in [9.17, 15) is 9.59 Å². The van der Waals surface area contributed by atoms with Gasteiger partial charge >= 0.3 is 11.9 Å². The standard InChI is InChI=1S/C15H17NO4/c1-9-5-10(2)7-11(6-9)16-8-12-13(17)19-15(3,4)20-14(12)18/h5-8,16H,1-4H3. The molecule has 0 saturated carbocycles. The lowest BCUT2D eigenvalue weighted by Gasteiger charge is -2.29. The highest BCUT2D eigenvalue weighted by molar-refractivity contribution is 6.15. The van der Waals surface area contributed by atoms with E-state index in [4.69, 9.17) is 9.47 Å². The summed E-state index contributed by atoms with van der Waals surface area (Å²) in [6.07, 6.45) is 1.31. The molecule has 20 heavy (non-hydrogen) atoms. The van der Waals surface area contributed by atoms with Crippen LogP contribution in [0, 0.1) is 13.8 Å². The smallest absolute Gasteiger partial charge is 0.350 e. The van der Waals surface area contributed by atoms with Crippen LogP contribution in [-0.2, 0) is 19.1 Å². The van der Waals surface area contributed by atoms with Crippen LogP contribution in [-0.4, -0.2) is 17.7 Å². The zero-order valence-corrected chi connectivity index (χ0v) is 11.9. The van der Waals surface area contributed by atoms with Gasteiger partial charge in [0.1, 0.15) is 0 Å². The van der Waals surface area contributed by atoms with Gasteiger partial charge < -0.3 is 14.8 Å². The van der Waals surface area contributed by atoms with Crippen LogP contribution < -0.4 is 5.32 Å². The van der Waals surface area contributed by atoms with Crippen LogP contribution >= 0.6 is 0 Å². The summed E-state index contributed by atoms with van der Waals surface area (Å²) < 4.78 is 10.0. The molecule has 1 heterocycles. The average molecular weight is 275 g/mol. The summed E-state index contributed by atoms with van der Waals surface area (Å²) in [6.45, 7) is 6.96. The van der Waals surface area contributed by atoms with Crippen molar-refractivity contribution < 1.29 is 19.1 Å². The Morgan fingerprint density at radius 3 is 2.00 bits per heavy atom. The lowest BCUT2D eigenvalue weighted by atomic mass is 10.1. The number of carbonyl (C=O) groups excluding carboxylic acids is 2. The molecule has 1 N–H and O–H groups in total. The maximum atomic E-state index is 11.7. The highest BCUT2D eigenvalue weighted by Crippen LogP contribution is 2.23. The normalized spacial score (nSPS) is 17.3. The van der Waals surface area contributed by atoms with Gasteiger partial charge in [-0.15, -0.1) is 0 Å². The first kappa shape index (κ1) is 14.1. The molecule has 0 aliphatic carbocycles. The van der Waals surface area contributed by atoms with E-state index in [2.05, 4.69) is 5.32 Å². The quantitative estimate of drug-likeness (QED) is 0.510. The summed E-state index contributed by atoms with van der Waals surface area (Å²) in [6, 6.07) is 5.85. The van der Waals surface area contributed by atoms with E-state index in [0.717, 1.165) is 16.8 Å². The molecule has 106 valence electrons. The van der Waals surface area contributed by atoms with Crippen LogP contribution in [0.2, 0.25) is 0 Å². The Labute approximate surface area is 117 Å². The van der Waals surface area contributed by atoms with Crippen LogP contribution in [0.1, 0.15) is 25.0 Å². The van der Waals surface area contributed by atoms with Crippen LogP contribution in [0.4, 0.5) is 5.69 Å².